The van der Waals surface area contributed by atoms with E-state index in [0.717, 1.165) is 31.6 Å². The van der Waals surface area contributed by atoms with Gasteiger partial charge in [-0.05, 0) is 36.3 Å². The summed E-state index contributed by atoms with van der Waals surface area (Å²) in [6, 6.07) is 5.27. The molecule has 0 amide bonds. The van der Waals surface area contributed by atoms with Gasteiger partial charge in [0.25, 0.3) is 0 Å². The van der Waals surface area contributed by atoms with Gasteiger partial charge in [0.1, 0.15) is 0 Å². The van der Waals surface area contributed by atoms with Crippen molar-refractivity contribution >= 4 is 21.2 Å². The first-order valence-electron chi connectivity index (χ1n) is 7.44. The third kappa shape index (κ3) is 3.51. The fraction of sp³-hybridized carbons (Fsp3) is 0.625. The summed E-state index contributed by atoms with van der Waals surface area (Å²) in [6.45, 7) is 8.71. The molecule has 1 aliphatic heterocycles. The Labute approximate surface area is 128 Å². The number of hydrogen-bond acceptors (Lipinski definition) is 4. The van der Waals surface area contributed by atoms with Crippen LogP contribution in [0.3, 0.4) is 0 Å². The van der Waals surface area contributed by atoms with Gasteiger partial charge in [0, 0.05) is 19.3 Å². The normalized spacial score (nSPS) is 18.0. The Morgan fingerprint density at radius 3 is 2.24 bits per heavy atom. The van der Waals surface area contributed by atoms with Gasteiger partial charge < -0.3 is 10.6 Å². The maximum Gasteiger partial charge on any atom is 0.177 e. The smallest absolute Gasteiger partial charge is 0.177 e. The summed E-state index contributed by atoms with van der Waals surface area (Å²) in [4.78, 5) is 2.45. The quantitative estimate of drug-likeness (QED) is 0.853. The lowest BCUT2D eigenvalue weighted by molar-refractivity contribution is 0.199. The minimum atomic E-state index is -3.28. The van der Waals surface area contributed by atoms with Gasteiger partial charge in [0.2, 0.25) is 0 Å². The Hall–Kier alpha value is -1.23. The zero-order valence-electron chi connectivity index (χ0n) is 13.4. The Kier molecular flexibility index (Phi) is 4.24. The molecule has 1 aliphatic rings. The molecule has 21 heavy (non-hydrogen) atoms. The minimum absolute atomic E-state index is 0.234. The summed E-state index contributed by atoms with van der Waals surface area (Å²) in [5.74, 6) is 0.702. The number of benzene rings is 1. The SMILES string of the molecule is CC(C)(C)C1CCN(c2cccc(S(C)(=O)=O)c2N)CC1. The molecule has 0 atom stereocenters. The van der Waals surface area contributed by atoms with Crippen LogP contribution in [0.15, 0.2) is 23.1 Å². The fourth-order valence-electron chi connectivity index (χ4n) is 3.12. The molecule has 2 N–H and O–H groups in total. The predicted octanol–water partition coefficient (Wildman–Crippen LogP) is 2.93. The number of nitrogens with zero attached hydrogens (tertiary/aromatic N) is 1. The molecule has 2 rings (SSSR count). The predicted molar refractivity (Wildman–Crippen MR) is 88.4 cm³/mol. The average Bonchev–Trinajstić information content (AvgIpc) is 2.37. The number of piperidine rings is 1. The second-order valence-electron chi connectivity index (χ2n) is 7.09. The average molecular weight is 310 g/mol. The number of hydrogen-bond donors (Lipinski definition) is 1. The molecule has 0 aliphatic carbocycles. The van der Waals surface area contributed by atoms with Gasteiger partial charge >= 0.3 is 0 Å². The van der Waals surface area contributed by atoms with Crippen molar-refractivity contribution in [3.05, 3.63) is 18.2 Å². The molecule has 118 valence electrons. The summed E-state index contributed by atoms with van der Waals surface area (Å²) >= 11 is 0. The van der Waals surface area contributed by atoms with E-state index in [1.165, 1.54) is 6.26 Å². The fourth-order valence-corrected chi connectivity index (χ4v) is 3.95. The summed E-state index contributed by atoms with van der Waals surface area (Å²) < 4.78 is 23.5. The molecule has 1 heterocycles. The molecule has 5 heteroatoms. The molecule has 1 saturated heterocycles. The van der Waals surface area contributed by atoms with E-state index in [1.807, 2.05) is 6.07 Å². The van der Waals surface area contributed by atoms with Crippen molar-refractivity contribution in [3.8, 4) is 0 Å². The monoisotopic (exact) mass is 310 g/mol. The van der Waals surface area contributed by atoms with Gasteiger partial charge in [-0.2, -0.15) is 0 Å². The van der Waals surface area contributed by atoms with Crippen LogP contribution in [0, 0.1) is 11.3 Å². The maximum atomic E-state index is 11.8. The van der Waals surface area contributed by atoms with E-state index in [1.54, 1.807) is 12.1 Å². The van der Waals surface area contributed by atoms with E-state index < -0.39 is 9.84 Å². The van der Waals surface area contributed by atoms with Gasteiger partial charge in [0.05, 0.1) is 16.3 Å². The van der Waals surface area contributed by atoms with Crippen molar-refractivity contribution in [2.24, 2.45) is 11.3 Å². The van der Waals surface area contributed by atoms with Crippen molar-refractivity contribution in [3.63, 3.8) is 0 Å². The highest BCUT2D eigenvalue weighted by Crippen LogP contribution is 2.37. The van der Waals surface area contributed by atoms with Crippen molar-refractivity contribution < 1.29 is 8.42 Å². The van der Waals surface area contributed by atoms with Crippen molar-refractivity contribution in [2.45, 2.75) is 38.5 Å². The minimum Gasteiger partial charge on any atom is -0.396 e. The van der Waals surface area contributed by atoms with Crippen LogP contribution in [-0.4, -0.2) is 27.8 Å². The van der Waals surface area contributed by atoms with Crippen molar-refractivity contribution in [1.29, 1.82) is 0 Å². The number of para-hydroxylation sites is 1. The molecular weight excluding hydrogens is 284 g/mol. The van der Waals surface area contributed by atoms with E-state index in [-0.39, 0.29) is 4.90 Å². The van der Waals surface area contributed by atoms with Gasteiger partial charge in [-0.15, -0.1) is 0 Å². The number of nitrogen functional groups attached to an aromatic ring is 1. The zero-order chi connectivity index (χ0) is 15.8. The second-order valence-corrected chi connectivity index (χ2v) is 9.07. The summed E-state index contributed by atoms with van der Waals surface area (Å²) in [5, 5.41) is 0. The summed E-state index contributed by atoms with van der Waals surface area (Å²) in [6.07, 6.45) is 3.44. The highest BCUT2D eigenvalue weighted by Gasteiger charge is 2.29. The van der Waals surface area contributed by atoms with Crippen molar-refractivity contribution in [2.75, 3.05) is 30.0 Å². The van der Waals surface area contributed by atoms with Gasteiger partial charge in [-0.3, -0.25) is 0 Å². The molecule has 0 spiro atoms. The van der Waals surface area contributed by atoms with E-state index >= 15 is 0 Å². The lowest BCUT2D eigenvalue weighted by Gasteiger charge is -2.40. The van der Waals surface area contributed by atoms with Crippen LogP contribution in [0.25, 0.3) is 0 Å². The molecule has 0 saturated carbocycles. The topological polar surface area (TPSA) is 63.4 Å². The molecule has 0 bridgehead atoms. The van der Waals surface area contributed by atoms with Crippen LogP contribution in [0.5, 0.6) is 0 Å². The lowest BCUT2D eigenvalue weighted by atomic mass is 9.75. The van der Waals surface area contributed by atoms with E-state index in [2.05, 4.69) is 25.7 Å². The second kappa shape index (κ2) is 5.52. The van der Waals surface area contributed by atoms with E-state index in [4.69, 9.17) is 5.73 Å². The van der Waals surface area contributed by atoms with Crippen LogP contribution < -0.4 is 10.6 Å². The maximum absolute atomic E-state index is 11.8. The Morgan fingerprint density at radius 1 is 1.19 bits per heavy atom. The number of anilines is 2. The highest BCUT2D eigenvalue weighted by atomic mass is 32.2. The third-order valence-corrected chi connectivity index (χ3v) is 5.66. The van der Waals surface area contributed by atoms with Gasteiger partial charge in [0.15, 0.2) is 9.84 Å². The number of nitrogens with two attached hydrogens (primary N) is 1. The van der Waals surface area contributed by atoms with Crippen molar-refractivity contribution in [1.82, 2.24) is 0 Å². The van der Waals surface area contributed by atoms with Gasteiger partial charge in [-0.1, -0.05) is 26.8 Å². The standard InChI is InChI=1S/C16H26N2O2S/c1-16(2,3)12-8-10-18(11-9-12)13-6-5-7-14(15(13)17)21(4,19)20/h5-7,12H,8-11,17H2,1-4H3. The highest BCUT2D eigenvalue weighted by molar-refractivity contribution is 7.90. The van der Waals surface area contributed by atoms with Crippen LogP contribution in [0.1, 0.15) is 33.6 Å². The molecular formula is C16H26N2O2S. The first kappa shape index (κ1) is 16.1. The first-order chi connectivity index (χ1) is 9.60. The van der Waals surface area contributed by atoms with Crippen LogP contribution in [-0.2, 0) is 9.84 Å². The van der Waals surface area contributed by atoms with Crippen LogP contribution in [0.4, 0.5) is 11.4 Å². The molecule has 4 nitrogen and oxygen atoms in total. The Balaban J connectivity index is 2.22. The molecule has 1 fully saturated rings. The summed E-state index contributed by atoms with van der Waals surface area (Å²) in [5.41, 5.74) is 7.66. The Morgan fingerprint density at radius 2 is 1.76 bits per heavy atom. The number of sulfone groups is 1. The van der Waals surface area contributed by atoms with E-state index in [0.29, 0.717) is 17.0 Å². The summed E-state index contributed by atoms with van der Waals surface area (Å²) in [7, 11) is -3.28. The molecule has 0 aromatic heterocycles. The molecule has 1 aromatic carbocycles. The third-order valence-electron chi connectivity index (χ3n) is 4.50. The van der Waals surface area contributed by atoms with Gasteiger partial charge in [-0.25, -0.2) is 8.42 Å². The van der Waals surface area contributed by atoms with Crippen LogP contribution >= 0.6 is 0 Å². The Bertz CT molecular complexity index is 610. The zero-order valence-corrected chi connectivity index (χ0v) is 14.2. The first-order valence-corrected chi connectivity index (χ1v) is 9.33. The van der Waals surface area contributed by atoms with E-state index in [9.17, 15) is 8.42 Å². The molecule has 0 unspecified atom stereocenters. The lowest BCUT2D eigenvalue weighted by Crippen LogP contribution is -2.38. The largest absolute Gasteiger partial charge is 0.396 e. The molecule has 0 radical (unpaired) electrons. The number of rotatable bonds is 2. The van der Waals surface area contributed by atoms with Crippen LogP contribution in [0.2, 0.25) is 0 Å². The molecule has 1 aromatic rings.